The van der Waals surface area contributed by atoms with E-state index in [0.29, 0.717) is 16.8 Å². The Bertz CT molecular complexity index is 728. The maximum atomic E-state index is 11.7. The average molecular weight is 317 g/mol. The van der Waals surface area contributed by atoms with Crippen molar-refractivity contribution in [2.24, 2.45) is 0 Å². The SMILES string of the molecule is CC(C)OC(=O)c1ccc(C#Cc2c(N)ncnc2Cl)nc1. The predicted molar refractivity (Wildman–Crippen MR) is 82.2 cm³/mol. The van der Waals surface area contributed by atoms with Gasteiger partial charge in [0.1, 0.15) is 28.6 Å². The van der Waals surface area contributed by atoms with Crippen LogP contribution in [0.1, 0.15) is 35.5 Å². The number of esters is 1. The highest BCUT2D eigenvalue weighted by Crippen LogP contribution is 2.15. The Hall–Kier alpha value is -2.65. The van der Waals surface area contributed by atoms with Crippen LogP contribution < -0.4 is 5.73 Å². The molecule has 0 aliphatic carbocycles. The molecule has 2 aromatic heterocycles. The van der Waals surface area contributed by atoms with Gasteiger partial charge in [-0.05, 0) is 31.9 Å². The lowest BCUT2D eigenvalue weighted by Gasteiger charge is -2.06. The fraction of sp³-hybridized carbons (Fsp3) is 0.200. The summed E-state index contributed by atoms with van der Waals surface area (Å²) in [4.78, 5) is 23.4. The Kier molecular flexibility index (Phi) is 4.92. The lowest BCUT2D eigenvalue weighted by molar-refractivity contribution is 0.0377. The third kappa shape index (κ3) is 3.93. The number of aromatic nitrogens is 3. The molecule has 2 heterocycles. The lowest BCUT2D eigenvalue weighted by Crippen LogP contribution is -2.11. The second-order valence-electron chi connectivity index (χ2n) is 4.56. The number of nitrogen functional groups attached to an aromatic ring is 1. The van der Waals surface area contributed by atoms with Crippen molar-refractivity contribution in [3.05, 3.63) is 46.6 Å². The highest BCUT2D eigenvalue weighted by molar-refractivity contribution is 6.30. The topological polar surface area (TPSA) is 91.0 Å². The molecule has 0 unspecified atom stereocenters. The molecule has 22 heavy (non-hydrogen) atoms. The van der Waals surface area contributed by atoms with Crippen molar-refractivity contribution in [2.75, 3.05) is 5.73 Å². The second kappa shape index (κ2) is 6.87. The summed E-state index contributed by atoms with van der Waals surface area (Å²) < 4.78 is 5.07. The molecule has 0 spiro atoms. The van der Waals surface area contributed by atoms with Crippen LogP contribution >= 0.6 is 11.6 Å². The molecule has 0 saturated heterocycles. The molecule has 7 heteroatoms. The van der Waals surface area contributed by atoms with E-state index >= 15 is 0 Å². The van der Waals surface area contributed by atoms with Gasteiger partial charge < -0.3 is 10.5 Å². The number of nitrogens with two attached hydrogens (primary N) is 1. The molecule has 2 rings (SSSR count). The number of ether oxygens (including phenoxy) is 1. The van der Waals surface area contributed by atoms with E-state index in [2.05, 4.69) is 26.8 Å². The van der Waals surface area contributed by atoms with E-state index in [9.17, 15) is 4.79 Å². The van der Waals surface area contributed by atoms with Crippen LogP contribution in [0.25, 0.3) is 0 Å². The molecular weight excluding hydrogens is 304 g/mol. The van der Waals surface area contributed by atoms with Gasteiger partial charge in [0.25, 0.3) is 0 Å². The number of hydrogen-bond acceptors (Lipinski definition) is 6. The Morgan fingerprint density at radius 2 is 2.05 bits per heavy atom. The molecule has 0 fully saturated rings. The first-order valence-electron chi connectivity index (χ1n) is 6.42. The average Bonchev–Trinajstić information content (AvgIpc) is 2.46. The highest BCUT2D eigenvalue weighted by Gasteiger charge is 2.09. The van der Waals surface area contributed by atoms with Crippen molar-refractivity contribution in [3.8, 4) is 11.8 Å². The number of pyridine rings is 1. The summed E-state index contributed by atoms with van der Waals surface area (Å²) in [5.74, 6) is 5.33. The van der Waals surface area contributed by atoms with Gasteiger partial charge in [-0.3, -0.25) is 0 Å². The van der Waals surface area contributed by atoms with Gasteiger partial charge in [-0.1, -0.05) is 17.5 Å². The Labute approximate surface area is 132 Å². The van der Waals surface area contributed by atoms with Crippen molar-refractivity contribution in [3.63, 3.8) is 0 Å². The zero-order chi connectivity index (χ0) is 16.1. The maximum absolute atomic E-state index is 11.7. The number of carbonyl (C=O) groups excluding carboxylic acids is 1. The molecule has 0 aliphatic heterocycles. The van der Waals surface area contributed by atoms with Crippen molar-refractivity contribution in [1.82, 2.24) is 15.0 Å². The zero-order valence-corrected chi connectivity index (χ0v) is 12.8. The highest BCUT2D eigenvalue weighted by atomic mass is 35.5. The number of carbonyl (C=O) groups is 1. The van der Waals surface area contributed by atoms with Crippen LogP contribution in [-0.2, 0) is 4.74 Å². The summed E-state index contributed by atoms with van der Waals surface area (Å²) >= 11 is 5.90. The standard InChI is InChI=1S/C15H13ClN4O2/c1-9(2)22-15(21)10-3-4-11(18-7-10)5-6-12-13(16)19-8-20-14(12)17/h3-4,7-9H,1-2H3,(H2,17,19,20). The van der Waals surface area contributed by atoms with Gasteiger partial charge in [0.15, 0.2) is 0 Å². The second-order valence-corrected chi connectivity index (χ2v) is 4.92. The molecule has 0 aromatic carbocycles. The molecule has 0 amide bonds. The first kappa shape index (κ1) is 15.7. The summed E-state index contributed by atoms with van der Waals surface area (Å²) in [5.41, 5.74) is 6.84. The molecule has 2 aromatic rings. The maximum Gasteiger partial charge on any atom is 0.339 e. The van der Waals surface area contributed by atoms with Crippen LogP contribution in [0.4, 0.5) is 5.82 Å². The van der Waals surface area contributed by atoms with E-state index in [1.54, 1.807) is 26.0 Å². The van der Waals surface area contributed by atoms with E-state index in [-0.39, 0.29) is 17.1 Å². The van der Waals surface area contributed by atoms with E-state index in [0.717, 1.165) is 0 Å². The minimum atomic E-state index is -0.425. The zero-order valence-electron chi connectivity index (χ0n) is 12.0. The molecule has 112 valence electrons. The molecular formula is C15H13ClN4O2. The van der Waals surface area contributed by atoms with Gasteiger partial charge in [0, 0.05) is 6.20 Å². The summed E-state index contributed by atoms with van der Waals surface area (Å²) in [6, 6.07) is 3.20. The number of hydrogen-bond donors (Lipinski definition) is 1. The summed E-state index contributed by atoms with van der Waals surface area (Å²) in [6.07, 6.45) is 2.48. The minimum Gasteiger partial charge on any atom is -0.459 e. The quantitative estimate of drug-likeness (QED) is 0.518. The van der Waals surface area contributed by atoms with Crippen molar-refractivity contribution in [2.45, 2.75) is 20.0 Å². The summed E-state index contributed by atoms with van der Waals surface area (Å²) in [7, 11) is 0. The van der Waals surface area contributed by atoms with Crippen molar-refractivity contribution in [1.29, 1.82) is 0 Å². The number of anilines is 1. The van der Waals surface area contributed by atoms with E-state index in [1.165, 1.54) is 12.5 Å². The predicted octanol–water partition coefficient (Wildman–Crippen LogP) is 2.07. The van der Waals surface area contributed by atoms with Gasteiger partial charge >= 0.3 is 5.97 Å². The van der Waals surface area contributed by atoms with Gasteiger partial charge in [-0.15, -0.1) is 0 Å². The Morgan fingerprint density at radius 1 is 1.27 bits per heavy atom. The van der Waals surface area contributed by atoms with Gasteiger partial charge in [0.05, 0.1) is 11.7 Å². The summed E-state index contributed by atoms with van der Waals surface area (Å²) in [5, 5.41) is 0.178. The first-order valence-corrected chi connectivity index (χ1v) is 6.80. The van der Waals surface area contributed by atoms with Crippen molar-refractivity contribution < 1.29 is 9.53 Å². The van der Waals surface area contributed by atoms with E-state index in [4.69, 9.17) is 22.1 Å². The lowest BCUT2D eigenvalue weighted by atomic mass is 10.2. The van der Waals surface area contributed by atoms with E-state index in [1.807, 2.05) is 0 Å². The first-order chi connectivity index (χ1) is 10.5. The Balaban J connectivity index is 2.19. The molecule has 6 nitrogen and oxygen atoms in total. The molecule has 0 saturated carbocycles. The summed E-state index contributed by atoms with van der Waals surface area (Å²) in [6.45, 7) is 3.56. The minimum absolute atomic E-state index is 0.178. The monoisotopic (exact) mass is 316 g/mol. The largest absolute Gasteiger partial charge is 0.459 e. The number of rotatable bonds is 2. The van der Waals surface area contributed by atoms with Crippen LogP contribution in [0.3, 0.4) is 0 Å². The molecule has 2 N–H and O–H groups in total. The number of halogens is 1. The fourth-order valence-corrected chi connectivity index (χ4v) is 1.68. The molecule has 0 bridgehead atoms. The molecule has 0 atom stereocenters. The van der Waals surface area contributed by atoms with Crippen molar-refractivity contribution >= 4 is 23.4 Å². The molecule has 0 radical (unpaired) electrons. The third-order valence-electron chi connectivity index (χ3n) is 2.49. The van der Waals surface area contributed by atoms with E-state index < -0.39 is 5.97 Å². The van der Waals surface area contributed by atoms with Gasteiger partial charge in [-0.2, -0.15) is 0 Å². The smallest absolute Gasteiger partial charge is 0.339 e. The van der Waals surface area contributed by atoms with Crippen LogP contribution in [0, 0.1) is 11.8 Å². The third-order valence-corrected chi connectivity index (χ3v) is 2.77. The Morgan fingerprint density at radius 3 is 2.64 bits per heavy atom. The number of nitrogens with zero attached hydrogens (tertiary/aromatic N) is 3. The van der Waals surface area contributed by atoms with Crippen LogP contribution in [-0.4, -0.2) is 27.0 Å². The fourth-order valence-electron chi connectivity index (χ4n) is 1.49. The van der Waals surface area contributed by atoms with Gasteiger partial charge in [0.2, 0.25) is 0 Å². The normalized spacial score (nSPS) is 10.0. The molecule has 0 aliphatic rings. The van der Waals surface area contributed by atoms with Crippen LogP contribution in [0.2, 0.25) is 5.15 Å². The van der Waals surface area contributed by atoms with Crippen LogP contribution in [0.5, 0.6) is 0 Å². The van der Waals surface area contributed by atoms with Crippen LogP contribution in [0.15, 0.2) is 24.7 Å². The van der Waals surface area contributed by atoms with Gasteiger partial charge in [-0.25, -0.2) is 19.7 Å².